The number of hydrogen-bond acceptors (Lipinski definition) is 4. The van der Waals surface area contributed by atoms with Crippen molar-refractivity contribution in [1.82, 2.24) is 10.7 Å². The third kappa shape index (κ3) is 7.35. The van der Waals surface area contributed by atoms with Gasteiger partial charge in [0.05, 0.1) is 12.8 Å². The molecule has 2 N–H and O–H groups in total. The Balaban J connectivity index is 1.40. The molecule has 0 heterocycles. The van der Waals surface area contributed by atoms with Crippen LogP contribution in [0.2, 0.25) is 10.0 Å². The van der Waals surface area contributed by atoms with Crippen molar-refractivity contribution in [3.63, 3.8) is 0 Å². The number of amides is 1. The van der Waals surface area contributed by atoms with Crippen molar-refractivity contribution in [2.45, 2.75) is 44.8 Å². The van der Waals surface area contributed by atoms with E-state index in [9.17, 15) is 4.79 Å². The second-order valence-corrected chi connectivity index (χ2v) is 7.95. The first kappa shape index (κ1) is 21.6. The SMILES string of the molecule is O=C(CNC1CCCCC1)N/N=C\c1ccc(OCc2ccc(Cl)cc2Cl)cc1. The third-order valence-corrected chi connectivity index (χ3v) is 5.44. The van der Waals surface area contributed by atoms with E-state index in [4.69, 9.17) is 27.9 Å². The summed E-state index contributed by atoms with van der Waals surface area (Å²) >= 11 is 12.0. The minimum atomic E-state index is -0.133. The van der Waals surface area contributed by atoms with Crippen LogP contribution in [0, 0.1) is 0 Å². The van der Waals surface area contributed by atoms with Crippen LogP contribution >= 0.6 is 23.2 Å². The van der Waals surface area contributed by atoms with Gasteiger partial charge in [0, 0.05) is 21.7 Å². The number of ether oxygens (including phenoxy) is 1. The molecule has 1 aliphatic carbocycles. The maximum absolute atomic E-state index is 11.9. The second kappa shape index (κ2) is 11.2. The Morgan fingerprint density at radius 1 is 1.10 bits per heavy atom. The average Bonchev–Trinajstić information content (AvgIpc) is 2.73. The van der Waals surface area contributed by atoms with E-state index in [2.05, 4.69) is 15.8 Å². The highest BCUT2D eigenvalue weighted by molar-refractivity contribution is 6.35. The summed E-state index contributed by atoms with van der Waals surface area (Å²) in [4.78, 5) is 11.9. The predicted octanol–water partition coefficient (Wildman–Crippen LogP) is 4.94. The van der Waals surface area contributed by atoms with E-state index in [1.807, 2.05) is 30.3 Å². The highest BCUT2D eigenvalue weighted by Gasteiger charge is 2.13. The predicted molar refractivity (Wildman–Crippen MR) is 118 cm³/mol. The van der Waals surface area contributed by atoms with Crippen molar-refractivity contribution in [1.29, 1.82) is 0 Å². The number of halogens is 2. The van der Waals surface area contributed by atoms with E-state index in [0.717, 1.165) is 24.0 Å². The second-order valence-electron chi connectivity index (χ2n) is 7.10. The van der Waals surface area contributed by atoms with E-state index in [0.29, 0.717) is 35.0 Å². The standard InChI is InChI=1S/C22H25Cl2N3O2/c23-18-9-8-17(21(24)12-18)15-29-20-10-6-16(7-11-20)13-26-27-22(28)14-25-19-4-2-1-3-5-19/h6-13,19,25H,1-5,14-15H2,(H,27,28)/b26-13-. The van der Waals surface area contributed by atoms with Crippen LogP contribution in [-0.2, 0) is 11.4 Å². The molecule has 0 aromatic heterocycles. The molecule has 0 saturated heterocycles. The Morgan fingerprint density at radius 3 is 2.59 bits per heavy atom. The van der Waals surface area contributed by atoms with Crippen molar-refractivity contribution in [3.05, 3.63) is 63.6 Å². The van der Waals surface area contributed by atoms with E-state index < -0.39 is 0 Å². The zero-order valence-corrected chi connectivity index (χ0v) is 17.7. The molecule has 0 bridgehead atoms. The van der Waals surface area contributed by atoms with Gasteiger partial charge in [-0.2, -0.15) is 5.10 Å². The molecule has 1 fully saturated rings. The first-order valence-corrected chi connectivity index (χ1v) is 10.6. The Kier molecular flexibility index (Phi) is 8.35. The summed E-state index contributed by atoms with van der Waals surface area (Å²) in [7, 11) is 0. The van der Waals surface area contributed by atoms with Crippen LogP contribution in [0.25, 0.3) is 0 Å². The normalized spacial score (nSPS) is 14.8. The fraction of sp³-hybridized carbons (Fsp3) is 0.364. The molecule has 7 heteroatoms. The van der Waals surface area contributed by atoms with Crippen LogP contribution in [-0.4, -0.2) is 24.7 Å². The minimum Gasteiger partial charge on any atom is -0.489 e. The van der Waals surface area contributed by atoms with E-state index in [1.165, 1.54) is 19.3 Å². The van der Waals surface area contributed by atoms with Crippen LogP contribution in [0.15, 0.2) is 47.6 Å². The van der Waals surface area contributed by atoms with Crippen LogP contribution in [0.5, 0.6) is 5.75 Å². The van der Waals surface area contributed by atoms with Crippen molar-refractivity contribution >= 4 is 35.3 Å². The molecule has 1 amide bonds. The van der Waals surface area contributed by atoms with Crippen LogP contribution in [0.3, 0.4) is 0 Å². The zero-order chi connectivity index (χ0) is 20.5. The van der Waals surface area contributed by atoms with Gasteiger partial charge in [0.2, 0.25) is 0 Å². The lowest BCUT2D eigenvalue weighted by atomic mass is 9.95. The highest BCUT2D eigenvalue weighted by Crippen LogP contribution is 2.23. The minimum absolute atomic E-state index is 0.133. The van der Waals surface area contributed by atoms with Crippen LogP contribution < -0.4 is 15.5 Å². The zero-order valence-electron chi connectivity index (χ0n) is 16.2. The van der Waals surface area contributed by atoms with Crippen LogP contribution in [0.4, 0.5) is 0 Å². The summed E-state index contributed by atoms with van der Waals surface area (Å²) in [6.45, 7) is 0.648. The monoisotopic (exact) mass is 433 g/mol. The van der Waals surface area contributed by atoms with E-state index >= 15 is 0 Å². The lowest BCUT2D eigenvalue weighted by Gasteiger charge is -2.22. The molecule has 5 nitrogen and oxygen atoms in total. The van der Waals surface area contributed by atoms with Gasteiger partial charge in [-0.25, -0.2) is 5.43 Å². The van der Waals surface area contributed by atoms with Crippen molar-refractivity contribution < 1.29 is 9.53 Å². The van der Waals surface area contributed by atoms with Crippen molar-refractivity contribution in [3.8, 4) is 5.75 Å². The van der Waals surface area contributed by atoms with Gasteiger partial charge in [0.15, 0.2) is 0 Å². The Morgan fingerprint density at radius 2 is 1.86 bits per heavy atom. The molecule has 0 spiro atoms. The van der Waals surface area contributed by atoms with Crippen LogP contribution in [0.1, 0.15) is 43.2 Å². The quantitative estimate of drug-likeness (QED) is 0.457. The first-order valence-electron chi connectivity index (χ1n) is 9.82. The van der Waals surface area contributed by atoms with Gasteiger partial charge in [0.1, 0.15) is 12.4 Å². The first-order chi connectivity index (χ1) is 14.1. The lowest BCUT2D eigenvalue weighted by Crippen LogP contribution is -2.38. The topological polar surface area (TPSA) is 62.7 Å². The number of carbonyl (C=O) groups excluding carboxylic acids is 1. The van der Waals surface area contributed by atoms with E-state index in [1.54, 1.807) is 18.3 Å². The van der Waals surface area contributed by atoms with Gasteiger partial charge in [-0.1, -0.05) is 48.5 Å². The Bertz CT molecular complexity index is 834. The Labute approximate surface area is 181 Å². The third-order valence-electron chi connectivity index (χ3n) is 4.85. The molecular weight excluding hydrogens is 409 g/mol. The highest BCUT2D eigenvalue weighted by atomic mass is 35.5. The molecule has 0 atom stereocenters. The molecule has 0 unspecified atom stereocenters. The summed E-state index contributed by atoms with van der Waals surface area (Å²) in [5, 5.41) is 8.48. The fourth-order valence-electron chi connectivity index (χ4n) is 3.21. The van der Waals surface area contributed by atoms with Gasteiger partial charge in [0.25, 0.3) is 5.91 Å². The lowest BCUT2D eigenvalue weighted by molar-refractivity contribution is -0.120. The van der Waals surface area contributed by atoms with Gasteiger partial charge in [-0.15, -0.1) is 0 Å². The van der Waals surface area contributed by atoms with Gasteiger partial charge in [-0.3, -0.25) is 4.79 Å². The number of rotatable bonds is 8. The molecule has 3 rings (SSSR count). The number of benzene rings is 2. The summed E-state index contributed by atoms with van der Waals surface area (Å²) < 4.78 is 5.75. The molecule has 2 aromatic rings. The number of hydrazone groups is 1. The summed E-state index contributed by atoms with van der Waals surface area (Å²) in [6.07, 6.45) is 7.68. The smallest absolute Gasteiger partial charge is 0.254 e. The number of carbonyl (C=O) groups is 1. The van der Waals surface area contributed by atoms with Crippen molar-refractivity contribution in [2.75, 3.05) is 6.54 Å². The largest absolute Gasteiger partial charge is 0.489 e. The number of nitrogens with zero attached hydrogens (tertiary/aromatic N) is 1. The Hall–Kier alpha value is -2.08. The maximum Gasteiger partial charge on any atom is 0.254 e. The summed E-state index contributed by atoms with van der Waals surface area (Å²) in [6, 6.07) is 13.2. The molecule has 1 aliphatic rings. The number of hydrogen-bond donors (Lipinski definition) is 2. The number of nitrogens with one attached hydrogen (secondary N) is 2. The molecule has 0 radical (unpaired) electrons. The fourth-order valence-corrected chi connectivity index (χ4v) is 3.68. The molecule has 29 heavy (non-hydrogen) atoms. The average molecular weight is 434 g/mol. The van der Waals surface area contributed by atoms with Gasteiger partial charge < -0.3 is 10.1 Å². The summed E-state index contributed by atoms with van der Waals surface area (Å²) in [5.74, 6) is 0.584. The molecule has 0 aliphatic heterocycles. The maximum atomic E-state index is 11.9. The van der Waals surface area contributed by atoms with Gasteiger partial charge >= 0.3 is 0 Å². The van der Waals surface area contributed by atoms with Gasteiger partial charge in [-0.05, 0) is 54.8 Å². The molecular formula is C22H25Cl2N3O2. The molecule has 154 valence electrons. The molecule has 1 saturated carbocycles. The van der Waals surface area contributed by atoms with Crippen molar-refractivity contribution in [2.24, 2.45) is 5.10 Å². The summed E-state index contributed by atoms with van der Waals surface area (Å²) in [5.41, 5.74) is 4.28. The molecule has 2 aromatic carbocycles. The van der Waals surface area contributed by atoms with E-state index in [-0.39, 0.29) is 5.91 Å².